The molecular weight excluding hydrogens is 284 g/mol. The van der Waals surface area contributed by atoms with E-state index >= 15 is 0 Å². The molecule has 7 heteroatoms. The third-order valence-electron chi connectivity index (χ3n) is 3.70. The third kappa shape index (κ3) is 2.94. The second kappa shape index (κ2) is 6.15. The van der Waals surface area contributed by atoms with Crippen molar-refractivity contribution in [3.05, 3.63) is 30.0 Å². The number of para-hydroxylation sites is 1. The Bertz CT molecular complexity index is 691. The van der Waals surface area contributed by atoms with Gasteiger partial charge in [-0.3, -0.25) is 14.7 Å². The van der Waals surface area contributed by atoms with Crippen LogP contribution in [0.1, 0.15) is 23.8 Å². The van der Waals surface area contributed by atoms with Gasteiger partial charge >= 0.3 is 0 Å². The molecule has 1 aliphatic rings. The summed E-state index contributed by atoms with van der Waals surface area (Å²) >= 11 is 0. The smallest absolute Gasteiger partial charge is 0.273 e. The van der Waals surface area contributed by atoms with E-state index in [1.165, 1.54) is 0 Å². The lowest BCUT2D eigenvalue weighted by molar-refractivity contribution is -0.123. The molecule has 0 saturated carbocycles. The van der Waals surface area contributed by atoms with Gasteiger partial charge in [-0.2, -0.15) is 5.10 Å². The summed E-state index contributed by atoms with van der Waals surface area (Å²) in [6, 6.07) is 6.75. The number of carbonyl (C=O) groups excluding carboxylic acids is 2. The number of rotatable bonds is 4. The lowest BCUT2D eigenvalue weighted by atomic mass is 10.2. The molecule has 0 unspecified atom stereocenters. The van der Waals surface area contributed by atoms with Crippen LogP contribution >= 0.6 is 0 Å². The predicted octanol–water partition coefficient (Wildman–Crippen LogP) is 0.586. The molecule has 2 atom stereocenters. The first-order valence-corrected chi connectivity index (χ1v) is 7.27. The maximum Gasteiger partial charge on any atom is 0.273 e. The molecule has 1 saturated heterocycles. The second-order valence-corrected chi connectivity index (χ2v) is 5.38. The van der Waals surface area contributed by atoms with E-state index in [9.17, 15) is 9.59 Å². The summed E-state index contributed by atoms with van der Waals surface area (Å²) in [4.78, 5) is 24.3. The average molecular weight is 302 g/mol. The molecule has 0 bridgehead atoms. The molecule has 1 aromatic heterocycles. The summed E-state index contributed by atoms with van der Waals surface area (Å²) < 4.78 is 5.21. The van der Waals surface area contributed by atoms with Crippen molar-refractivity contribution in [1.82, 2.24) is 20.8 Å². The zero-order valence-electron chi connectivity index (χ0n) is 12.3. The first-order chi connectivity index (χ1) is 10.6. The zero-order valence-corrected chi connectivity index (χ0v) is 12.3. The molecule has 0 spiro atoms. The minimum absolute atomic E-state index is 0.0260. The topological polar surface area (TPSA) is 96.1 Å². The quantitative estimate of drug-likeness (QED) is 0.770. The van der Waals surface area contributed by atoms with Gasteiger partial charge in [0.1, 0.15) is 6.04 Å². The van der Waals surface area contributed by atoms with Crippen LogP contribution in [0.2, 0.25) is 0 Å². The number of nitrogens with zero attached hydrogens (tertiary/aromatic N) is 1. The number of hydrogen-bond donors (Lipinski definition) is 3. The van der Waals surface area contributed by atoms with Gasteiger partial charge in [0, 0.05) is 12.0 Å². The Kier molecular flexibility index (Phi) is 4.06. The van der Waals surface area contributed by atoms with E-state index < -0.39 is 6.04 Å². The number of carbonyl (C=O) groups is 2. The van der Waals surface area contributed by atoms with Gasteiger partial charge in [-0.05, 0) is 19.4 Å². The Hall–Kier alpha value is -2.41. The van der Waals surface area contributed by atoms with E-state index in [4.69, 9.17) is 4.74 Å². The molecule has 3 rings (SSSR count). The van der Waals surface area contributed by atoms with E-state index in [1.54, 1.807) is 6.92 Å². The van der Waals surface area contributed by atoms with Crippen molar-refractivity contribution in [3.63, 3.8) is 0 Å². The van der Waals surface area contributed by atoms with Crippen LogP contribution in [0.4, 0.5) is 0 Å². The number of amides is 2. The van der Waals surface area contributed by atoms with E-state index in [1.807, 2.05) is 24.3 Å². The van der Waals surface area contributed by atoms with E-state index in [-0.39, 0.29) is 17.9 Å². The molecule has 0 radical (unpaired) electrons. The number of nitrogens with one attached hydrogen (secondary N) is 3. The molecule has 1 fully saturated rings. The maximum absolute atomic E-state index is 12.3. The van der Waals surface area contributed by atoms with Crippen LogP contribution in [0.3, 0.4) is 0 Å². The predicted molar refractivity (Wildman–Crippen MR) is 80.4 cm³/mol. The number of ether oxygens (including phenoxy) is 1. The number of fused-ring (bicyclic) bond motifs is 1. The highest BCUT2D eigenvalue weighted by Gasteiger charge is 2.23. The van der Waals surface area contributed by atoms with Crippen LogP contribution in [-0.4, -0.2) is 47.3 Å². The lowest BCUT2D eigenvalue weighted by Gasteiger charge is -2.16. The van der Waals surface area contributed by atoms with Gasteiger partial charge in [-0.25, -0.2) is 0 Å². The van der Waals surface area contributed by atoms with Crippen molar-refractivity contribution >= 4 is 22.7 Å². The van der Waals surface area contributed by atoms with Gasteiger partial charge in [0.15, 0.2) is 5.69 Å². The molecule has 0 aliphatic carbocycles. The van der Waals surface area contributed by atoms with E-state index in [0.717, 1.165) is 17.3 Å². The van der Waals surface area contributed by atoms with Gasteiger partial charge < -0.3 is 15.4 Å². The van der Waals surface area contributed by atoms with Gasteiger partial charge in [0.25, 0.3) is 5.91 Å². The van der Waals surface area contributed by atoms with Crippen molar-refractivity contribution in [3.8, 4) is 0 Å². The fourth-order valence-electron chi connectivity index (χ4n) is 2.44. The van der Waals surface area contributed by atoms with Crippen LogP contribution in [0.5, 0.6) is 0 Å². The summed E-state index contributed by atoms with van der Waals surface area (Å²) in [5.41, 5.74) is 1.08. The first-order valence-electron chi connectivity index (χ1n) is 7.27. The largest absolute Gasteiger partial charge is 0.379 e. The Morgan fingerprint density at radius 1 is 1.41 bits per heavy atom. The Morgan fingerprint density at radius 3 is 3.00 bits per heavy atom. The van der Waals surface area contributed by atoms with Crippen molar-refractivity contribution in [2.75, 3.05) is 13.2 Å². The standard InChI is InChI=1S/C15H18N4O3/c1-9(14(20)17-10-6-7-22-8-10)16-15(21)13-11-4-2-3-5-12(11)18-19-13/h2-5,9-10H,6-8H2,1H3,(H,16,21)(H,17,20)(H,18,19)/t9-,10+/m0/s1. The van der Waals surface area contributed by atoms with Gasteiger partial charge in [-0.15, -0.1) is 0 Å². The van der Waals surface area contributed by atoms with Crippen molar-refractivity contribution < 1.29 is 14.3 Å². The summed E-state index contributed by atoms with van der Waals surface area (Å²) in [6.45, 7) is 2.83. The van der Waals surface area contributed by atoms with E-state index in [2.05, 4.69) is 20.8 Å². The summed E-state index contributed by atoms with van der Waals surface area (Å²) in [6.07, 6.45) is 0.802. The first kappa shape index (κ1) is 14.5. The third-order valence-corrected chi connectivity index (χ3v) is 3.70. The minimum Gasteiger partial charge on any atom is -0.379 e. The highest BCUT2D eigenvalue weighted by molar-refractivity contribution is 6.05. The van der Waals surface area contributed by atoms with Crippen molar-refractivity contribution in [2.24, 2.45) is 0 Å². The van der Waals surface area contributed by atoms with Crippen molar-refractivity contribution in [2.45, 2.75) is 25.4 Å². The molecule has 2 heterocycles. The summed E-state index contributed by atoms with van der Waals surface area (Å²) in [5.74, 6) is -0.591. The normalized spacial score (nSPS) is 19.0. The van der Waals surface area contributed by atoms with Crippen molar-refractivity contribution in [1.29, 1.82) is 0 Å². The van der Waals surface area contributed by atoms with Crippen LogP contribution in [0, 0.1) is 0 Å². The molecule has 116 valence electrons. The van der Waals surface area contributed by atoms with Crippen LogP contribution in [0.25, 0.3) is 10.9 Å². The second-order valence-electron chi connectivity index (χ2n) is 5.38. The SMILES string of the molecule is C[C@H](NC(=O)c1n[nH]c2ccccc12)C(=O)N[C@@H]1CCOC1. The fourth-order valence-corrected chi connectivity index (χ4v) is 2.44. The molecule has 22 heavy (non-hydrogen) atoms. The van der Waals surface area contributed by atoms with Crippen LogP contribution in [0.15, 0.2) is 24.3 Å². The molecular formula is C15H18N4O3. The van der Waals surface area contributed by atoms with Gasteiger partial charge in [-0.1, -0.05) is 18.2 Å². The van der Waals surface area contributed by atoms with E-state index in [0.29, 0.717) is 18.9 Å². The number of H-pyrrole nitrogens is 1. The Labute approximate surface area is 127 Å². The highest BCUT2D eigenvalue weighted by atomic mass is 16.5. The molecule has 2 amide bonds. The zero-order chi connectivity index (χ0) is 15.5. The van der Waals surface area contributed by atoms with Crippen LogP contribution < -0.4 is 10.6 Å². The van der Waals surface area contributed by atoms with Gasteiger partial charge in [0.2, 0.25) is 5.91 Å². The molecule has 2 aromatic rings. The summed E-state index contributed by atoms with van der Waals surface area (Å²) in [5, 5.41) is 13.1. The lowest BCUT2D eigenvalue weighted by Crippen LogP contribution is -2.48. The van der Waals surface area contributed by atoms with Gasteiger partial charge in [0.05, 0.1) is 18.2 Å². The molecule has 3 N–H and O–H groups in total. The highest BCUT2D eigenvalue weighted by Crippen LogP contribution is 2.14. The summed E-state index contributed by atoms with van der Waals surface area (Å²) in [7, 11) is 0. The molecule has 1 aliphatic heterocycles. The average Bonchev–Trinajstić information content (AvgIpc) is 3.15. The Balaban J connectivity index is 1.64. The maximum atomic E-state index is 12.3. The fraction of sp³-hybridized carbons (Fsp3) is 0.400. The monoisotopic (exact) mass is 302 g/mol. The number of hydrogen-bond acceptors (Lipinski definition) is 4. The molecule has 7 nitrogen and oxygen atoms in total. The molecule has 1 aromatic carbocycles. The minimum atomic E-state index is -0.636. The van der Waals surface area contributed by atoms with Crippen LogP contribution in [-0.2, 0) is 9.53 Å². The number of aromatic nitrogens is 2. The number of benzene rings is 1. The Morgan fingerprint density at radius 2 is 2.23 bits per heavy atom. The number of aromatic amines is 1.